The Morgan fingerprint density at radius 1 is 1.33 bits per heavy atom. The molecule has 5 heteroatoms. The lowest BCUT2D eigenvalue weighted by Crippen LogP contribution is -2.13. The number of hydrogen-bond donors (Lipinski definition) is 0. The molecule has 0 aliphatic carbocycles. The van der Waals surface area contributed by atoms with Gasteiger partial charge in [-0.05, 0) is 25.1 Å². The van der Waals surface area contributed by atoms with Gasteiger partial charge in [0.2, 0.25) is 0 Å². The molecule has 1 aromatic heterocycles. The summed E-state index contributed by atoms with van der Waals surface area (Å²) in [5.74, 6) is -0.461. The van der Waals surface area contributed by atoms with Crippen LogP contribution in [-0.2, 0) is 0 Å². The van der Waals surface area contributed by atoms with Gasteiger partial charge < -0.3 is 4.42 Å². The van der Waals surface area contributed by atoms with Crippen molar-refractivity contribution in [3.63, 3.8) is 0 Å². The van der Waals surface area contributed by atoms with E-state index in [2.05, 4.69) is 0 Å². The standard InChI is InChI=1S/C10H7Cl2NO2/c1-6-5-15-10(14)13(6)9-3-2-7(11)4-8(9)12/h2-5H,1H3. The zero-order valence-electron chi connectivity index (χ0n) is 7.83. The maximum absolute atomic E-state index is 11.4. The monoisotopic (exact) mass is 243 g/mol. The summed E-state index contributed by atoms with van der Waals surface area (Å²) in [4.78, 5) is 11.4. The third-order valence-electron chi connectivity index (χ3n) is 2.02. The summed E-state index contributed by atoms with van der Waals surface area (Å²) in [6, 6.07) is 4.92. The van der Waals surface area contributed by atoms with Gasteiger partial charge in [-0.15, -0.1) is 0 Å². The predicted molar refractivity (Wildman–Crippen MR) is 59.1 cm³/mol. The van der Waals surface area contributed by atoms with E-state index in [1.165, 1.54) is 10.8 Å². The first-order valence-corrected chi connectivity index (χ1v) is 4.98. The zero-order chi connectivity index (χ0) is 11.0. The van der Waals surface area contributed by atoms with Crippen LogP contribution in [-0.4, -0.2) is 4.57 Å². The molecule has 0 spiro atoms. The topological polar surface area (TPSA) is 35.1 Å². The van der Waals surface area contributed by atoms with Crippen molar-refractivity contribution in [3.05, 3.63) is 50.8 Å². The first-order valence-electron chi connectivity index (χ1n) is 4.22. The van der Waals surface area contributed by atoms with Crippen molar-refractivity contribution >= 4 is 23.2 Å². The molecule has 1 heterocycles. The van der Waals surface area contributed by atoms with E-state index in [4.69, 9.17) is 27.6 Å². The van der Waals surface area contributed by atoms with Crippen molar-refractivity contribution in [2.75, 3.05) is 0 Å². The van der Waals surface area contributed by atoms with Crippen LogP contribution in [0.2, 0.25) is 10.0 Å². The van der Waals surface area contributed by atoms with E-state index in [1.807, 2.05) is 0 Å². The summed E-state index contributed by atoms with van der Waals surface area (Å²) in [7, 11) is 0. The number of aryl methyl sites for hydroxylation is 1. The van der Waals surface area contributed by atoms with Crippen molar-refractivity contribution in [2.45, 2.75) is 6.92 Å². The van der Waals surface area contributed by atoms with Gasteiger partial charge in [0.05, 0.1) is 16.4 Å². The van der Waals surface area contributed by atoms with E-state index in [9.17, 15) is 4.79 Å². The molecule has 2 aromatic rings. The van der Waals surface area contributed by atoms with E-state index in [1.54, 1.807) is 25.1 Å². The summed E-state index contributed by atoms with van der Waals surface area (Å²) in [5, 5.41) is 0.937. The predicted octanol–water partition coefficient (Wildman–Crippen LogP) is 3.05. The minimum absolute atomic E-state index is 0.411. The van der Waals surface area contributed by atoms with Crippen molar-refractivity contribution in [3.8, 4) is 5.69 Å². The lowest BCUT2D eigenvalue weighted by molar-refractivity contribution is 0.504. The molecule has 15 heavy (non-hydrogen) atoms. The zero-order valence-corrected chi connectivity index (χ0v) is 9.34. The average molecular weight is 244 g/mol. The molecule has 0 saturated carbocycles. The first kappa shape index (κ1) is 10.3. The maximum Gasteiger partial charge on any atom is 0.423 e. The molecule has 0 amide bonds. The Kier molecular flexibility index (Phi) is 2.59. The second-order valence-electron chi connectivity index (χ2n) is 3.07. The lowest BCUT2D eigenvalue weighted by Gasteiger charge is -2.05. The minimum Gasteiger partial charge on any atom is -0.416 e. The van der Waals surface area contributed by atoms with Gasteiger partial charge in [-0.2, -0.15) is 0 Å². The Morgan fingerprint density at radius 2 is 2.07 bits per heavy atom. The van der Waals surface area contributed by atoms with Crippen molar-refractivity contribution in [1.29, 1.82) is 0 Å². The Hall–Kier alpha value is -1.19. The molecule has 0 aliphatic heterocycles. The fraction of sp³-hybridized carbons (Fsp3) is 0.100. The molecular formula is C10H7Cl2NO2. The van der Waals surface area contributed by atoms with Gasteiger partial charge in [-0.1, -0.05) is 23.2 Å². The SMILES string of the molecule is Cc1coc(=O)n1-c1ccc(Cl)cc1Cl. The van der Waals surface area contributed by atoms with Gasteiger partial charge in [-0.25, -0.2) is 9.36 Å². The van der Waals surface area contributed by atoms with Crippen LogP contribution in [0.4, 0.5) is 0 Å². The maximum atomic E-state index is 11.4. The van der Waals surface area contributed by atoms with Crippen LogP contribution >= 0.6 is 23.2 Å². The fourth-order valence-corrected chi connectivity index (χ4v) is 1.83. The highest BCUT2D eigenvalue weighted by Gasteiger charge is 2.10. The quantitative estimate of drug-likeness (QED) is 0.772. The molecule has 0 bridgehead atoms. The van der Waals surface area contributed by atoms with Crippen LogP contribution in [0.1, 0.15) is 5.69 Å². The lowest BCUT2D eigenvalue weighted by atomic mass is 10.3. The van der Waals surface area contributed by atoms with Gasteiger partial charge in [0, 0.05) is 5.02 Å². The summed E-state index contributed by atoms with van der Waals surface area (Å²) in [6.45, 7) is 1.76. The van der Waals surface area contributed by atoms with E-state index in [-0.39, 0.29) is 0 Å². The molecule has 78 valence electrons. The molecule has 0 atom stereocenters. The molecule has 0 N–H and O–H groups in total. The van der Waals surface area contributed by atoms with Crippen LogP contribution < -0.4 is 5.76 Å². The van der Waals surface area contributed by atoms with E-state index >= 15 is 0 Å². The van der Waals surface area contributed by atoms with Crippen LogP contribution in [0.25, 0.3) is 5.69 Å². The molecule has 0 aliphatic rings. The van der Waals surface area contributed by atoms with Crippen LogP contribution in [0.3, 0.4) is 0 Å². The van der Waals surface area contributed by atoms with E-state index in [0.717, 1.165) is 0 Å². The molecule has 2 rings (SSSR count). The summed E-state index contributed by atoms with van der Waals surface area (Å²) in [5.41, 5.74) is 1.25. The fourth-order valence-electron chi connectivity index (χ4n) is 1.34. The average Bonchev–Trinajstić information content (AvgIpc) is 2.48. The van der Waals surface area contributed by atoms with Crippen LogP contribution in [0.15, 0.2) is 33.7 Å². The Labute approximate surface area is 95.8 Å². The normalized spacial score (nSPS) is 10.6. The van der Waals surface area contributed by atoms with Gasteiger partial charge in [-0.3, -0.25) is 0 Å². The highest BCUT2D eigenvalue weighted by Crippen LogP contribution is 2.24. The minimum atomic E-state index is -0.461. The van der Waals surface area contributed by atoms with Gasteiger partial charge >= 0.3 is 5.76 Å². The van der Waals surface area contributed by atoms with Crippen molar-refractivity contribution in [1.82, 2.24) is 4.57 Å². The number of aromatic nitrogens is 1. The summed E-state index contributed by atoms with van der Waals surface area (Å²) in [6.07, 6.45) is 1.38. The van der Waals surface area contributed by atoms with Crippen molar-refractivity contribution < 1.29 is 4.42 Å². The molecule has 0 saturated heterocycles. The number of oxazole rings is 1. The Morgan fingerprint density at radius 3 is 2.60 bits per heavy atom. The highest BCUT2D eigenvalue weighted by atomic mass is 35.5. The van der Waals surface area contributed by atoms with Gasteiger partial charge in [0.15, 0.2) is 0 Å². The Bertz CT molecular complexity index is 557. The van der Waals surface area contributed by atoms with Crippen LogP contribution in [0.5, 0.6) is 0 Å². The Balaban J connectivity index is 2.69. The van der Waals surface area contributed by atoms with E-state index < -0.39 is 5.76 Å². The molecule has 0 fully saturated rings. The second kappa shape index (κ2) is 3.76. The van der Waals surface area contributed by atoms with Crippen LogP contribution in [0, 0.1) is 6.92 Å². The van der Waals surface area contributed by atoms with Gasteiger partial charge in [0.25, 0.3) is 0 Å². The number of hydrogen-bond acceptors (Lipinski definition) is 2. The highest BCUT2D eigenvalue weighted by molar-refractivity contribution is 6.35. The molecule has 1 aromatic carbocycles. The summed E-state index contributed by atoms with van der Waals surface area (Å²) >= 11 is 11.7. The van der Waals surface area contributed by atoms with Crippen molar-refractivity contribution in [2.24, 2.45) is 0 Å². The van der Waals surface area contributed by atoms with E-state index in [0.29, 0.717) is 21.4 Å². The number of halogens is 2. The molecule has 3 nitrogen and oxygen atoms in total. The smallest absolute Gasteiger partial charge is 0.416 e. The third-order valence-corrected chi connectivity index (χ3v) is 2.55. The summed E-state index contributed by atoms with van der Waals surface area (Å²) < 4.78 is 6.14. The number of benzene rings is 1. The second-order valence-corrected chi connectivity index (χ2v) is 3.92. The number of nitrogens with zero attached hydrogens (tertiary/aromatic N) is 1. The molecule has 0 unspecified atom stereocenters. The third kappa shape index (κ3) is 1.80. The first-order chi connectivity index (χ1) is 7.09. The molecular weight excluding hydrogens is 237 g/mol. The van der Waals surface area contributed by atoms with Gasteiger partial charge in [0.1, 0.15) is 6.26 Å². The number of rotatable bonds is 1. The largest absolute Gasteiger partial charge is 0.423 e. The molecule has 0 radical (unpaired) electrons.